The normalized spacial score (nSPS) is 13.4. The lowest BCUT2D eigenvalue weighted by molar-refractivity contribution is 0.0697. The van der Waals surface area contributed by atoms with E-state index in [0.29, 0.717) is 25.4 Å². The molecule has 100 valence electrons. The van der Waals surface area contributed by atoms with Gasteiger partial charge in [-0.05, 0) is 30.3 Å². The monoisotopic (exact) mass is 261 g/mol. The van der Waals surface area contributed by atoms with Gasteiger partial charge in [-0.2, -0.15) is 0 Å². The first kappa shape index (κ1) is 12.9. The van der Waals surface area contributed by atoms with Gasteiger partial charge in [0.05, 0.1) is 18.7 Å². The predicted octanol–water partition coefficient (Wildman–Crippen LogP) is 0.826. The molecule has 0 aliphatic carbocycles. The molecule has 0 radical (unpaired) electrons. The van der Waals surface area contributed by atoms with Crippen LogP contribution >= 0.6 is 0 Å². The fraction of sp³-hybridized carbons (Fsp3) is 0.231. The lowest BCUT2D eigenvalue weighted by atomic mass is 10.2. The van der Waals surface area contributed by atoms with E-state index in [-0.39, 0.29) is 5.56 Å². The van der Waals surface area contributed by atoms with E-state index in [2.05, 4.69) is 15.6 Å². The summed E-state index contributed by atoms with van der Waals surface area (Å²) in [6, 6.07) is 6.32. The first-order valence-corrected chi connectivity index (χ1v) is 5.92. The van der Waals surface area contributed by atoms with Gasteiger partial charge in [0.15, 0.2) is 5.96 Å². The van der Waals surface area contributed by atoms with Crippen LogP contribution < -0.4 is 15.4 Å². The summed E-state index contributed by atoms with van der Waals surface area (Å²) in [6.07, 6.45) is 3.76. The number of nitrogens with zero attached hydrogens (tertiary/aromatic N) is 1. The smallest absolute Gasteiger partial charge is 0.335 e. The van der Waals surface area contributed by atoms with Crippen LogP contribution in [-0.2, 0) is 0 Å². The van der Waals surface area contributed by atoms with Crippen molar-refractivity contribution in [2.45, 2.75) is 0 Å². The summed E-state index contributed by atoms with van der Waals surface area (Å²) in [5, 5.41) is 14.8. The van der Waals surface area contributed by atoms with Crippen LogP contribution in [-0.4, -0.2) is 36.7 Å². The standard InChI is InChI=1S/C13H15N3O3/c17-12(18)10-2-4-11(5-3-10)19-9-8-16-13-14-6-1-7-15-13/h1-6H,7-9H2,(H,17,18)(H2,14,15,16). The number of nitrogens with one attached hydrogen (secondary N) is 2. The van der Waals surface area contributed by atoms with E-state index in [9.17, 15) is 4.79 Å². The highest BCUT2D eigenvalue weighted by Gasteiger charge is 2.02. The van der Waals surface area contributed by atoms with Crippen LogP contribution in [0.4, 0.5) is 0 Å². The Balaban J connectivity index is 1.70. The largest absolute Gasteiger partial charge is 0.492 e. The van der Waals surface area contributed by atoms with Gasteiger partial charge in [-0.3, -0.25) is 0 Å². The topological polar surface area (TPSA) is 83.0 Å². The molecular formula is C13H15N3O3. The Hall–Kier alpha value is -2.50. The van der Waals surface area contributed by atoms with Crippen LogP contribution in [0.15, 0.2) is 41.5 Å². The van der Waals surface area contributed by atoms with Crippen molar-refractivity contribution in [3.05, 3.63) is 42.1 Å². The number of benzene rings is 1. The molecule has 2 rings (SSSR count). The highest BCUT2D eigenvalue weighted by Crippen LogP contribution is 2.11. The number of carboxylic acid groups (broad SMARTS) is 1. The second-order valence-electron chi connectivity index (χ2n) is 3.84. The Morgan fingerprint density at radius 2 is 2.21 bits per heavy atom. The van der Waals surface area contributed by atoms with Crippen molar-refractivity contribution >= 4 is 11.9 Å². The quantitative estimate of drug-likeness (QED) is 0.684. The third kappa shape index (κ3) is 4.02. The van der Waals surface area contributed by atoms with E-state index in [4.69, 9.17) is 9.84 Å². The third-order valence-corrected chi connectivity index (χ3v) is 2.46. The number of aromatic carboxylic acids is 1. The molecule has 0 spiro atoms. The minimum Gasteiger partial charge on any atom is -0.492 e. The molecule has 0 aromatic heterocycles. The molecule has 1 aliphatic heterocycles. The average Bonchev–Trinajstić information content (AvgIpc) is 2.45. The number of hydrogen-bond acceptors (Lipinski definition) is 5. The summed E-state index contributed by atoms with van der Waals surface area (Å²) in [5.41, 5.74) is 0.248. The van der Waals surface area contributed by atoms with Gasteiger partial charge in [0.2, 0.25) is 0 Å². The Morgan fingerprint density at radius 1 is 1.42 bits per heavy atom. The molecule has 0 atom stereocenters. The maximum atomic E-state index is 10.7. The first-order valence-electron chi connectivity index (χ1n) is 5.92. The highest BCUT2D eigenvalue weighted by molar-refractivity contribution is 5.87. The molecule has 1 aromatic rings. The summed E-state index contributed by atoms with van der Waals surface area (Å²) in [6.45, 7) is 1.75. The number of carboxylic acids is 1. The van der Waals surface area contributed by atoms with Gasteiger partial charge < -0.3 is 20.5 Å². The summed E-state index contributed by atoms with van der Waals surface area (Å²) in [7, 11) is 0. The average molecular weight is 261 g/mol. The minimum atomic E-state index is -0.942. The maximum absolute atomic E-state index is 10.7. The van der Waals surface area contributed by atoms with Crippen molar-refractivity contribution in [3.63, 3.8) is 0 Å². The molecule has 19 heavy (non-hydrogen) atoms. The molecule has 6 heteroatoms. The zero-order valence-corrected chi connectivity index (χ0v) is 10.3. The lowest BCUT2D eigenvalue weighted by Crippen LogP contribution is -2.38. The summed E-state index contributed by atoms with van der Waals surface area (Å²) < 4.78 is 5.48. The third-order valence-electron chi connectivity index (χ3n) is 2.46. The first-order chi connectivity index (χ1) is 9.25. The van der Waals surface area contributed by atoms with Gasteiger partial charge >= 0.3 is 5.97 Å². The van der Waals surface area contributed by atoms with Gasteiger partial charge in [0.1, 0.15) is 12.4 Å². The van der Waals surface area contributed by atoms with Crippen molar-refractivity contribution in [1.82, 2.24) is 10.6 Å². The number of hydrogen-bond donors (Lipinski definition) is 3. The van der Waals surface area contributed by atoms with Crippen LogP contribution in [0.25, 0.3) is 0 Å². The van der Waals surface area contributed by atoms with E-state index in [1.54, 1.807) is 12.1 Å². The van der Waals surface area contributed by atoms with E-state index in [1.807, 2.05) is 12.3 Å². The second-order valence-corrected chi connectivity index (χ2v) is 3.84. The molecule has 0 saturated heterocycles. The van der Waals surface area contributed by atoms with Crippen molar-refractivity contribution in [2.24, 2.45) is 4.99 Å². The van der Waals surface area contributed by atoms with E-state index >= 15 is 0 Å². The van der Waals surface area contributed by atoms with Gasteiger partial charge in [0.25, 0.3) is 0 Å². The predicted molar refractivity (Wildman–Crippen MR) is 71.5 cm³/mol. The van der Waals surface area contributed by atoms with Gasteiger partial charge in [-0.25, -0.2) is 9.79 Å². The Kier molecular flexibility index (Phi) is 4.39. The molecular weight excluding hydrogens is 246 g/mol. The van der Waals surface area contributed by atoms with Crippen molar-refractivity contribution in [1.29, 1.82) is 0 Å². The summed E-state index contributed by atoms with van der Waals surface area (Å²) in [4.78, 5) is 14.9. The second kappa shape index (κ2) is 6.44. The molecule has 1 heterocycles. The fourth-order valence-corrected chi connectivity index (χ4v) is 1.52. The zero-order chi connectivity index (χ0) is 13.5. The van der Waals surface area contributed by atoms with Crippen LogP contribution in [0.5, 0.6) is 5.75 Å². The molecule has 6 nitrogen and oxygen atoms in total. The fourth-order valence-electron chi connectivity index (χ4n) is 1.52. The van der Waals surface area contributed by atoms with Crippen LogP contribution in [0.3, 0.4) is 0 Å². The van der Waals surface area contributed by atoms with Crippen LogP contribution in [0, 0.1) is 0 Å². The molecule has 1 aromatic carbocycles. The summed E-state index contributed by atoms with van der Waals surface area (Å²) >= 11 is 0. The molecule has 0 amide bonds. The maximum Gasteiger partial charge on any atom is 0.335 e. The van der Waals surface area contributed by atoms with Crippen LogP contribution in [0.2, 0.25) is 0 Å². The number of ether oxygens (including phenoxy) is 1. The highest BCUT2D eigenvalue weighted by atomic mass is 16.5. The van der Waals surface area contributed by atoms with Gasteiger partial charge in [-0.1, -0.05) is 0 Å². The van der Waals surface area contributed by atoms with E-state index < -0.39 is 5.97 Å². The van der Waals surface area contributed by atoms with Crippen molar-refractivity contribution in [3.8, 4) is 5.75 Å². The number of carbonyl (C=O) groups is 1. The van der Waals surface area contributed by atoms with E-state index in [1.165, 1.54) is 12.1 Å². The Labute approximate surface area is 110 Å². The molecule has 0 bridgehead atoms. The number of aliphatic imine (C=N–C) groups is 1. The molecule has 0 unspecified atom stereocenters. The van der Waals surface area contributed by atoms with E-state index in [0.717, 1.165) is 5.96 Å². The minimum absolute atomic E-state index is 0.248. The Bertz CT molecular complexity index is 494. The Morgan fingerprint density at radius 3 is 2.84 bits per heavy atom. The summed E-state index contributed by atoms with van der Waals surface area (Å²) in [5.74, 6) is 0.431. The zero-order valence-electron chi connectivity index (χ0n) is 10.3. The molecule has 0 fully saturated rings. The molecule has 0 saturated carbocycles. The molecule has 3 N–H and O–H groups in total. The van der Waals surface area contributed by atoms with Crippen molar-refractivity contribution < 1.29 is 14.6 Å². The SMILES string of the molecule is O=C(O)c1ccc(OCCNC2=NCC=CN2)cc1. The van der Waals surface area contributed by atoms with Crippen molar-refractivity contribution in [2.75, 3.05) is 19.7 Å². The number of guanidine groups is 1. The van der Waals surface area contributed by atoms with Gasteiger partial charge in [-0.15, -0.1) is 0 Å². The molecule has 1 aliphatic rings. The van der Waals surface area contributed by atoms with Crippen LogP contribution in [0.1, 0.15) is 10.4 Å². The lowest BCUT2D eigenvalue weighted by Gasteiger charge is -2.12. The number of rotatable bonds is 5. The van der Waals surface area contributed by atoms with Gasteiger partial charge in [0, 0.05) is 6.20 Å².